The monoisotopic (exact) mass is 408 g/mol. The van der Waals surface area contributed by atoms with Gasteiger partial charge in [0.15, 0.2) is 0 Å². The van der Waals surface area contributed by atoms with Crippen molar-refractivity contribution in [2.24, 2.45) is 0 Å². The number of hydrogen-bond donors (Lipinski definition) is 1. The molecule has 150 valence electrons. The van der Waals surface area contributed by atoms with Crippen LogP contribution in [0.4, 0.5) is 11.4 Å². The van der Waals surface area contributed by atoms with Crippen molar-refractivity contribution in [2.45, 2.75) is 25.7 Å². The van der Waals surface area contributed by atoms with E-state index >= 15 is 0 Å². The minimum atomic E-state index is -3.80. The summed E-state index contributed by atoms with van der Waals surface area (Å²) in [6, 6.07) is 19.0. The number of hydrogen-bond acceptors (Lipinski definition) is 3. The van der Waals surface area contributed by atoms with Gasteiger partial charge in [0.25, 0.3) is 15.9 Å². The normalized spacial score (nSPS) is 11.2. The molecule has 0 aliphatic heterocycles. The summed E-state index contributed by atoms with van der Waals surface area (Å²) in [5.74, 6) is -0.358. The predicted molar refractivity (Wildman–Crippen MR) is 117 cm³/mol. The molecule has 0 saturated heterocycles. The highest BCUT2D eigenvalue weighted by atomic mass is 32.2. The second-order valence-corrected chi connectivity index (χ2v) is 9.01. The summed E-state index contributed by atoms with van der Waals surface area (Å²) in [5.41, 5.74) is 4.60. The quantitative estimate of drug-likeness (QED) is 0.666. The van der Waals surface area contributed by atoms with Crippen molar-refractivity contribution in [1.82, 2.24) is 0 Å². The van der Waals surface area contributed by atoms with Crippen LogP contribution in [0, 0.1) is 20.8 Å². The van der Waals surface area contributed by atoms with E-state index < -0.39 is 10.0 Å². The Morgan fingerprint density at radius 3 is 2.24 bits per heavy atom. The Morgan fingerprint density at radius 2 is 1.55 bits per heavy atom. The summed E-state index contributed by atoms with van der Waals surface area (Å²) in [6.45, 7) is 5.83. The molecule has 3 aromatic rings. The van der Waals surface area contributed by atoms with Gasteiger partial charge in [-0.25, -0.2) is 8.42 Å². The molecule has 3 aromatic carbocycles. The molecular formula is C23H24N2O3S. The first-order valence-corrected chi connectivity index (χ1v) is 10.7. The van der Waals surface area contributed by atoms with Crippen LogP contribution in [0.1, 0.15) is 27.0 Å². The van der Waals surface area contributed by atoms with E-state index in [1.54, 1.807) is 24.3 Å². The van der Waals surface area contributed by atoms with Crippen LogP contribution in [-0.2, 0) is 10.0 Å². The molecule has 1 amide bonds. The van der Waals surface area contributed by atoms with Gasteiger partial charge in [-0.05, 0) is 73.9 Å². The van der Waals surface area contributed by atoms with Crippen molar-refractivity contribution in [3.8, 4) is 0 Å². The van der Waals surface area contributed by atoms with Crippen molar-refractivity contribution < 1.29 is 13.2 Å². The lowest BCUT2D eigenvalue weighted by Gasteiger charge is -2.21. The number of carbonyl (C=O) groups excluding carboxylic acids is 1. The van der Waals surface area contributed by atoms with Crippen molar-refractivity contribution in [2.75, 3.05) is 16.7 Å². The lowest BCUT2D eigenvalue weighted by molar-refractivity contribution is 0.102. The molecule has 1 N–H and O–H groups in total. The van der Waals surface area contributed by atoms with E-state index in [4.69, 9.17) is 0 Å². The highest BCUT2D eigenvalue weighted by Gasteiger charge is 2.23. The molecule has 0 saturated carbocycles. The predicted octanol–water partition coefficient (Wildman–Crippen LogP) is 4.69. The van der Waals surface area contributed by atoms with Gasteiger partial charge < -0.3 is 5.32 Å². The van der Waals surface area contributed by atoms with Crippen LogP contribution < -0.4 is 9.62 Å². The molecule has 0 atom stereocenters. The van der Waals surface area contributed by atoms with Gasteiger partial charge in [-0.3, -0.25) is 9.10 Å². The Bertz CT molecular complexity index is 1170. The Morgan fingerprint density at radius 1 is 0.828 bits per heavy atom. The largest absolute Gasteiger partial charge is 0.322 e. The molecular weight excluding hydrogens is 384 g/mol. The van der Waals surface area contributed by atoms with Crippen LogP contribution in [0.5, 0.6) is 0 Å². The van der Waals surface area contributed by atoms with Crippen LogP contribution in [0.3, 0.4) is 0 Å². The second-order valence-electron chi connectivity index (χ2n) is 7.04. The summed E-state index contributed by atoms with van der Waals surface area (Å²) in [7, 11) is -2.29. The fourth-order valence-corrected chi connectivity index (χ4v) is 4.33. The number of para-hydroxylation sites is 1. The summed E-state index contributed by atoms with van der Waals surface area (Å²) >= 11 is 0. The first-order valence-electron chi connectivity index (χ1n) is 9.23. The van der Waals surface area contributed by atoms with E-state index in [0.717, 1.165) is 16.7 Å². The van der Waals surface area contributed by atoms with Gasteiger partial charge in [0.2, 0.25) is 0 Å². The van der Waals surface area contributed by atoms with Gasteiger partial charge in [0, 0.05) is 18.3 Å². The molecule has 0 spiro atoms. The minimum Gasteiger partial charge on any atom is -0.322 e. The third-order valence-electron chi connectivity index (χ3n) is 4.97. The van der Waals surface area contributed by atoms with E-state index in [1.165, 1.54) is 23.5 Å². The summed E-state index contributed by atoms with van der Waals surface area (Å²) < 4.78 is 27.4. The number of nitrogens with one attached hydrogen (secondary N) is 1. The van der Waals surface area contributed by atoms with Gasteiger partial charge in [-0.15, -0.1) is 0 Å². The van der Waals surface area contributed by atoms with Gasteiger partial charge in [-0.2, -0.15) is 0 Å². The average molecular weight is 409 g/mol. The highest BCUT2D eigenvalue weighted by Crippen LogP contribution is 2.25. The zero-order valence-electron chi connectivity index (χ0n) is 16.9. The van der Waals surface area contributed by atoms with E-state index in [-0.39, 0.29) is 16.4 Å². The topological polar surface area (TPSA) is 66.5 Å². The Kier molecular flexibility index (Phi) is 5.75. The third-order valence-corrected chi connectivity index (χ3v) is 6.74. The molecule has 0 aliphatic carbocycles. The van der Waals surface area contributed by atoms with Crippen molar-refractivity contribution in [1.29, 1.82) is 0 Å². The molecule has 0 aromatic heterocycles. The third kappa shape index (κ3) is 4.32. The number of carbonyl (C=O) groups is 1. The van der Waals surface area contributed by atoms with Crippen molar-refractivity contribution in [3.05, 3.63) is 89.0 Å². The standard InChI is InChI=1S/C23H24N2O3S/c1-16-12-13-20(14-18(16)3)24-23(26)19-9-7-10-21(15-19)29(27,28)25(4)22-11-6-5-8-17(22)2/h5-15H,1-4H3,(H,24,26). The summed E-state index contributed by atoms with van der Waals surface area (Å²) in [6.07, 6.45) is 0. The van der Waals surface area contributed by atoms with Crippen LogP contribution in [0.15, 0.2) is 71.6 Å². The lowest BCUT2D eigenvalue weighted by Crippen LogP contribution is -2.27. The van der Waals surface area contributed by atoms with Crippen molar-refractivity contribution >= 4 is 27.3 Å². The first kappa shape index (κ1) is 20.6. The lowest BCUT2D eigenvalue weighted by atomic mass is 10.1. The van der Waals surface area contributed by atoms with E-state index in [9.17, 15) is 13.2 Å². The fraction of sp³-hybridized carbons (Fsp3) is 0.174. The number of rotatable bonds is 5. The molecule has 0 aliphatic rings. The van der Waals surface area contributed by atoms with Gasteiger partial charge in [-0.1, -0.05) is 30.3 Å². The minimum absolute atomic E-state index is 0.0657. The van der Waals surface area contributed by atoms with E-state index in [1.807, 2.05) is 51.1 Å². The Labute approximate surface area is 172 Å². The summed E-state index contributed by atoms with van der Waals surface area (Å²) in [4.78, 5) is 12.7. The second kappa shape index (κ2) is 8.09. The molecule has 0 radical (unpaired) electrons. The molecule has 29 heavy (non-hydrogen) atoms. The summed E-state index contributed by atoms with van der Waals surface area (Å²) in [5, 5.41) is 2.83. The first-order chi connectivity index (χ1) is 13.7. The smallest absolute Gasteiger partial charge is 0.264 e. The number of anilines is 2. The fourth-order valence-electron chi connectivity index (χ4n) is 3.02. The average Bonchev–Trinajstić information content (AvgIpc) is 2.70. The number of sulfonamides is 1. The van der Waals surface area contributed by atoms with Crippen LogP contribution >= 0.6 is 0 Å². The highest BCUT2D eigenvalue weighted by molar-refractivity contribution is 7.92. The van der Waals surface area contributed by atoms with Crippen LogP contribution in [-0.4, -0.2) is 21.4 Å². The van der Waals surface area contributed by atoms with Gasteiger partial charge in [0.1, 0.15) is 0 Å². The maximum Gasteiger partial charge on any atom is 0.264 e. The number of nitrogens with zero attached hydrogens (tertiary/aromatic N) is 1. The molecule has 5 nitrogen and oxygen atoms in total. The molecule has 0 heterocycles. The SMILES string of the molecule is Cc1ccc(NC(=O)c2cccc(S(=O)(=O)N(C)c3ccccc3C)c2)cc1C. The zero-order chi connectivity index (χ0) is 21.2. The number of aryl methyl sites for hydroxylation is 3. The van der Waals surface area contributed by atoms with E-state index in [2.05, 4.69) is 5.32 Å². The molecule has 0 fully saturated rings. The van der Waals surface area contributed by atoms with Gasteiger partial charge in [0.05, 0.1) is 10.6 Å². The molecule has 0 bridgehead atoms. The van der Waals surface area contributed by atoms with Crippen molar-refractivity contribution in [3.63, 3.8) is 0 Å². The number of benzene rings is 3. The van der Waals surface area contributed by atoms with E-state index in [0.29, 0.717) is 11.4 Å². The Hall–Kier alpha value is -3.12. The maximum absolute atomic E-state index is 13.1. The molecule has 3 rings (SSSR count). The molecule has 0 unspecified atom stereocenters. The Balaban J connectivity index is 1.89. The van der Waals surface area contributed by atoms with Crippen LogP contribution in [0.2, 0.25) is 0 Å². The van der Waals surface area contributed by atoms with Gasteiger partial charge >= 0.3 is 0 Å². The maximum atomic E-state index is 13.1. The number of amides is 1. The molecule has 6 heteroatoms. The zero-order valence-corrected chi connectivity index (χ0v) is 17.7. The van der Waals surface area contributed by atoms with Crippen LogP contribution in [0.25, 0.3) is 0 Å².